The van der Waals surface area contributed by atoms with E-state index < -0.39 is 0 Å². The molecule has 2 unspecified atom stereocenters. The van der Waals surface area contributed by atoms with Crippen LogP contribution in [0.5, 0.6) is 0 Å². The van der Waals surface area contributed by atoms with Gasteiger partial charge in [0.1, 0.15) is 5.72 Å². The standard InChI is InChI=1S/C13H26N2O/c1-12(2)9-14-13(3,16-10-12)11-7-5-6-8-15(11)4/h11,14H,5-10H2,1-4H3. The van der Waals surface area contributed by atoms with Crippen LogP contribution in [0.2, 0.25) is 0 Å². The van der Waals surface area contributed by atoms with Crippen LogP contribution in [0, 0.1) is 5.41 Å². The quantitative estimate of drug-likeness (QED) is 0.738. The van der Waals surface area contributed by atoms with Crippen molar-refractivity contribution in [2.24, 2.45) is 5.41 Å². The molecule has 0 aliphatic carbocycles. The Morgan fingerprint density at radius 3 is 2.56 bits per heavy atom. The van der Waals surface area contributed by atoms with Gasteiger partial charge in [-0.15, -0.1) is 0 Å². The molecule has 0 aromatic rings. The highest BCUT2D eigenvalue weighted by Crippen LogP contribution is 2.31. The van der Waals surface area contributed by atoms with Crippen LogP contribution in [-0.4, -0.2) is 43.4 Å². The number of nitrogens with one attached hydrogen (secondary N) is 1. The number of rotatable bonds is 1. The molecule has 2 atom stereocenters. The maximum atomic E-state index is 6.14. The summed E-state index contributed by atoms with van der Waals surface area (Å²) >= 11 is 0. The highest BCUT2D eigenvalue weighted by atomic mass is 16.5. The third kappa shape index (κ3) is 2.41. The molecule has 0 saturated carbocycles. The maximum Gasteiger partial charge on any atom is 0.132 e. The minimum absolute atomic E-state index is 0.148. The summed E-state index contributed by atoms with van der Waals surface area (Å²) in [5.41, 5.74) is 0.122. The summed E-state index contributed by atoms with van der Waals surface area (Å²) < 4.78 is 6.14. The largest absolute Gasteiger partial charge is 0.359 e. The summed E-state index contributed by atoms with van der Waals surface area (Å²) in [6, 6.07) is 0.525. The van der Waals surface area contributed by atoms with Gasteiger partial charge in [-0.2, -0.15) is 0 Å². The lowest BCUT2D eigenvalue weighted by atomic mass is 9.87. The van der Waals surface area contributed by atoms with Crippen LogP contribution >= 0.6 is 0 Å². The van der Waals surface area contributed by atoms with E-state index in [1.165, 1.54) is 25.8 Å². The van der Waals surface area contributed by atoms with Crippen molar-refractivity contribution in [1.82, 2.24) is 10.2 Å². The second-order valence-electron chi connectivity index (χ2n) is 6.41. The molecule has 0 aromatic heterocycles. The van der Waals surface area contributed by atoms with Gasteiger partial charge in [-0.3, -0.25) is 10.2 Å². The lowest BCUT2D eigenvalue weighted by Crippen LogP contribution is -2.66. The van der Waals surface area contributed by atoms with Gasteiger partial charge in [0.15, 0.2) is 0 Å². The van der Waals surface area contributed by atoms with Crippen LogP contribution in [0.25, 0.3) is 0 Å². The van der Waals surface area contributed by atoms with E-state index >= 15 is 0 Å². The molecule has 2 rings (SSSR count). The first-order valence-electron chi connectivity index (χ1n) is 6.52. The van der Waals surface area contributed by atoms with Crippen molar-refractivity contribution in [3.8, 4) is 0 Å². The number of hydrogen-bond donors (Lipinski definition) is 1. The van der Waals surface area contributed by atoms with Crippen molar-refractivity contribution >= 4 is 0 Å². The Bertz CT molecular complexity index is 242. The van der Waals surface area contributed by atoms with Gasteiger partial charge in [0, 0.05) is 12.0 Å². The van der Waals surface area contributed by atoms with Gasteiger partial charge in [-0.05, 0) is 33.4 Å². The Labute approximate surface area is 99.5 Å². The van der Waals surface area contributed by atoms with E-state index in [9.17, 15) is 0 Å². The average molecular weight is 226 g/mol. The van der Waals surface area contributed by atoms with Crippen LogP contribution < -0.4 is 5.32 Å². The highest BCUT2D eigenvalue weighted by Gasteiger charge is 2.43. The van der Waals surface area contributed by atoms with Gasteiger partial charge in [0.05, 0.1) is 12.6 Å². The fourth-order valence-corrected chi connectivity index (χ4v) is 2.85. The zero-order valence-corrected chi connectivity index (χ0v) is 11.2. The lowest BCUT2D eigenvalue weighted by Gasteiger charge is -2.50. The van der Waals surface area contributed by atoms with Gasteiger partial charge in [-0.25, -0.2) is 0 Å². The molecule has 0 spiro atoms. The zero-order chi connectivity index (χ0) is 11.8. The van der Waals surface area contributed by atoms with E-state index in [0.717, 1.165) is 13.2 Å². The molecule has 0 radical (unpaired) electrons. The Morgan fingerprint density at radius 2 is 2.00 bits per heavy atom. The predicted octanol–water partition coefficient (Wildman–Crippen LogP) is 1.83. The van der Waals surface area contributed by atoms with Gasteiger partial charge in [-0.1, -0.05) is 20.3 Å². The molecule has 0 bridgehead atoms. The first-order chi connectivity index (χ1) is 7.43. The van der Waals surface area contributed by atoms with Gasteiger partial charge >= 0.3 is 0 Å². The number of likely N-dealkylation sites (tertiary alicyclic amines) is 1. The van der Waals surface area contributed by atoms with Crippen molar-refractivity contribution in [3.05, 3.63) is 0 Å². The molecule has 0 amide bonds. The number of nitrogens with zero attached hydrogens (tertiary/aromatic N) is 1. The average Bonchev–Trinajstić information content (AvgIpc) is 2.24. The molecule has 1 N–H and O–H groups in total. The van der Waals surface area contributed by atoms with E-state index in [-0.39, 0.29) is 11.1 Å². The van der Waals surface area contributed by atoms with Crippen molar-refractivity contribution in [2.75, 3.05) is 26.7 Å². The van der Waals surface area contributed by atoms with Crippen molar-refractivity contribution in [3.63, 3.8) is 0 Å². The van der Waals surface area contributed by atoms with Crippen LogP contribution in [0.3, 0.4) is 0 Å². The molecular formula is C13H26N2O. The van der Waals surface area contributed by atoms with Gasteiger partial charge in [0.2, 0.25) is 0 Å². The summed E-state index contributed by atoms with van der Waals surface area (Å²) in [5, 5.41) is 3.62. The normalized spacial score (nSPS) is 40.9. The maximum absolute atomic E-state index is 6.14. The third-order valence-electron chi connectivity index (χ3n) is 4.09. The molecule has 2 fully saturated rings. The SMILES string of the molecule is CN1CCCCC1C1(C)NCC(C)(C)CO1. The monoisotopic (exact) mass is 226 g/mol. The topological polar surface area (TPSA) is 24.5 Å². The second-order valence-corrected chi connectivity index (χ2v) is 6.41. The van der Waals surface area contributed by atoms with Crippen molar-refractivity contribution < 1.29 is 4.74 Å². The molecule has 2 heterocycles. The van der Waals surface area contributed by atoms with E-state index in [1.807, 2.05) is 0 Å². The number of likely N-dealkylation sites (N-methyl/N-ethyl adjacent to an activating group) is 1. The molecule has 2 aliphatic rings. The minimum atomic E-state index is -0.148. The van der Waals surface area contributed by atoms with Gasteiger partial charge in [0.25, 0.3) is 0 Å². The highest BCUT2D eigenvalue weighted by molar-refractivity contribution is 4.95. The fraction of sp³-hybridized carbons (Fsp3) is 1.00. The molecule has 2 aliphatic heterocycles. The summed E-state index contributed by atoms with van der Waals surface area (Å²) in [4.78, 5) is 2.45. The Morgan fingerprint density at radius 1 is 1.25 bits per heavy atom. The van der Waals surface area contributed by atoms with Gasteiger partial charge < -0.3 is 4.74 Å². The fourth-order valence-electron chi connectivity index (χ4n) is 2.85. The number of hydrogen-bond acceptors (Lipinski definition) is 3. The summed E-state index contributed by atoms with van der Waals surface area (Å²) in [6.45, 7) is 9.84. The molecule has 94 valence electrons. The Balaban J connectivity index is 2.02. The smallest absolute Gasteiger partial charge is 0.132 e. The van der Waals surface area contributed by atoms with E-state index in [1.54, 1.807) is 0 Å². The molecule has 3 heteroatoms. The summed E-state index contributed by atoms with van der Waals surface area (Å²) in [5.74, 6) is 0. The van der Waals surface area contributed by atoms with Crippen molar-refractivity contribution in [1.29, 1.82) is 0 Å². The lowest BCUT2D eigenvalue weighted by molar-refractivity contribution is -0.167. The molecular weight excluding hydrogens is 200 g/mol. The number of ether oxygens (including phenoxy) is 1. The summed E-state index contributed by atoms with van der Waals surface area (Å²) in [6.07, 6.45) is 3.91. The van der Waals surface area contributed by atoms with E-state index in [0.29, 0.717) is 6.04 Å². The van der Waals surface area contributed by atoms with E-state index in [2.05, 4.69) is 38.0 Å². The first-order valence-corrected chi connectivity index (χ1v) is 6.52. The second kappa shape index (κ2) is 4.28. The van der Waals surface area contributed by atoms with Crippen LogP contribution in [-0.2, 0) is 4.74 Å². The third-order valence-corrected chi connectivity index (χ3v) is 4.09. The Kier molecular flexibility index (Phi) is 3.30. The van der Waals surface area contributed by atoms with Crippen molar-refractivity contribution in [2.45, 2.75) is 51.8 Å². The van der Waals surface area contributed by atoms with Crippen LogP contribution in [0.4, 0.5) is 0 Å². The molecule has 16 heavy (non-hydrogen) atoms. The summed E-state index contributed by atoms with van der Waals surface area (Å²) in [7, 11) is 2.22. The van der Waals surface area contributed by atoms with Crippen LogP contribution in [0.15, 0.2) is 0 Å². The molecule has 2 saturated heterocycles. The zero-order valence-electron chi connectivity index (χ0n) is 11.2. The van der Waals surface area contributed by atoms with Crippen LogP contribution in [0.1, 0.15) is 40.0 Å². The molecule has 0 aromatic carbocycles. The number of piperidine rings is 1. The Hall–Kier alpha value is -0.120. The minimum Gasteiger partial charge on any atom is -0.359 e. The predicted molar refractivity (Wildman–Crippen MR) is 66.4 cm³/mol. The first kappa shape index (κ1) is 12.3. The molecule has 3 nitrogen and oxygen atoms in total. The van der Waals surface area contributed by atoms with E-state index in [4.69, 9.17) is 4.74 Å².